The number of rotatable bonds is 10. The van der Waals surface area contributed by atoms with E-state index in [0.29, 0.717) is 25.0 Å². The van der Waals surface area contributed by atoms with Gasteiger partial charge in [-0.25, -0.2) is 0 Å². The number of thiophene rings is 2. The van der Waals surface area contributed by atoms with Crippen LogP contribution in [0.2, 0.25) is 0 Å². The monoisotopic (exact) mass is 1410 g/mol. The van der Waals surface area contributed by atoms with Gasteiger partial charge in [-0.15, -0.1) is 46.9 Å². The molecule has 4 aromatic heterocycles. The molecule has 1 aliphatic rings. The van der Waals surface area contributed by atoms with Crippen molar-refractivity contribution >= 4 is 66.3 Å². The van der Waals surface area contributed by atoms with Crippen LogP contribution < -0.4 is 0 Å². The second-order valence-corrected chi connectivity index (χ2v) is 30.4. The summed E-state index contributed by atoms with van der Waals surface area (Å²) < 4.78 is 15.3. The minimum absolute atomic E-state index is 0. The van der Waals surface area contributed by atoms with Gasteiger partial charge in [0.25, 0.3) is 11.5 Å². The van der Waals surface area contributed by atoms with E-state index in [1.807, 2.05) is 60.7 Å². The molecule has 468 valence electrons. The second kappa shape index (κ2) is 27.0. The van der Waals surface area contributed by atoms with Crippen LogP contribution in [0.25, 0.3) is 75.9 Å². The molecule has 1 aliphatic carbocycles. The van der Waals surface area contributed by atoms with Gasteiger partial charge in [0.1, 0.15) is 0 Å². The number of aromatic nitrogens is 2. The van der Waals surface area contributed by atoms with Gasteiger partial charge in [0, 0.05) is 82.1 Å². The third kappa shape index (κ3) is 14.3. The van der Waals surface area contributed by atoms with E-state index in [0.717, 1.165) is 89.8 Å². The molecule has 1 saturated carbocycles. The Balaban J connectivity index is 0.000000536. The number of nitrogens with zero attached hydrogens (tertiary/aromatic N) is 2. The summed E-state index contributed by atoms with van der Waals surface area (Å²) in [6, 6.07) is 63.7. The Bertz CT molecular complexity index is 4050. The van der Waals surface area contributed by atoms with Gasteiger partial charge in [-0.05, 0) is 117 Å². The van der Waals surface area contributed by atoms with Crippen LogP contribution in [0.3, 0.4) is 0 Å². The first-order valence-corrected chi connectivity index (χ1v) is 33.7. The van der Waals surface area contributed by atoms with Gasteiger partial charge in [-0.2, -0.15) is 49.2 Å². The van der Waals surface area contributed by atoms with Crippen LogP contribution in [-0.4, -0.2) is 42.0 Å². The first-order chi connectivity index (χ1) is 42.8. The van der Waals surface area contributed by atoms with Crippen molar-refractivity contribution in [3.63, 3.8) is 0 Å². The molecule has 0 amide bonds. The zero-order valence-electron chi connectivity index (χ0n) is 55.3. The minimum Gasteiger partial charge on any atom is -0.582 e. The Morgan fingerprint density at radius 1 is 0.407 bits per heavy atom. The number of aromatic hydroxyl groups is 4. The van der Waals surface area contributed by atoms with Gasteiger partial charge in [0.05, 0.1) is 54.3 Å². The summed E-state index contributed by atoms with van der Waals surface area (Å²) in [6.07, 6.45) is 4.57. The quantitative estimate of drug-likeness (QED) is 0.0813. The van der Waals surface area contributed by atoms with Gasteiger partial charge in [0.15, 0.2) is 24.7 Å². The van der Waals surface area contributed by atoms with Gasteiger partial charge in [-0.3, -0.25) is 0 Å². The fourth-order valence-electron chi connectivity index (χ4n) is 12.6. The van der Waals surface area contributed by atoms with E-state index in [2.05, 4.69) is 238 Å². The van der Waals surface area contributed by atoms with E-state index < -0.39 is 0 Å². The maximum Gasteiger partial charge on any atom is 0.263 e. The fraction of sp³-hybridized carbons (Fsp3) is 0.293. The van der Waals surface area contributed by atoms with Crippen LogP contribution >= 0.6 is 22.7 Å². The summed E-state index contributed by atoms with van der Waals surface area (Å²) in [5, 5.41) is 33.7. The van der Waals surface area contributed by atoms with Crippen molar-refractivity contribution in [3.8, 4) is 55.3 Å². The molecule has 0 saturated heterocycles. The zero-order valence-corrected chi connectivity index (χ0v) is 60.5. The molecule has 1 fully saturated rings. The summed E-state index contributed by atoms with van der Waals surface area (Å²) in [5.41, 5.74) is 15.1. The molecule has 91 heavy (non-hydrogen) atoms. The number of ether oxygens (including phenoxy) is 2. The van der Waals surface area contributed by atoms with Crippen LogP contribution in [-0.2, 0) is 47.5 Å². The average molecular weight is 1410 g/mol. The van der Waals surface area contributed by atoms with E-state index in [1.54, 1.807) is 22.7 Å². The molecule has 0 bridgehead atoms. The van der Waals surface area contributed by atoms with Gasteiger partial charge in [-0.1, -0.05) is 157 Å². The Morgan fingerprint density at radius 2 is 0.692 bits per heavy atom. The van der Waals surface area contributed by atoms with E-state index in [4.69, 9.17) is 9.47 Å². The van der Waals surface area contributed by atoms with Crippen molar-refractivity contribution < 1.29 is 45.5 Å². The molecule has 0 aliphatic heterocycles. The Labute approximate surface area is 567 Å². The number of benzene rings is 8. The molecule has 0 radical (unpaired) electrons. The maximum absolute atomic E-state index is 12.3. The Kier molecular flexibility index (Phi) is 19.7. The molecular weight excluding hydrogens is 1320 g/mol. The number of aliphatic hydroxyl groups is 2. The Morgan fingerprint density at radius 3 is 0.967 bits per heavy atom. The second-order valence-electron chi connectivity index (χ2n) is 28.7. The van der Waals surface area contributed by atoms with Crippen LogP contribution in [0.5, 0.6) is 23.0 Å². The van der Waals surface area contributed by atoms with E-state index in [1.165, 1.54) is 56.6 Å². The van der Waals surface area contributed by atoms with E-state index in [9.17, 15) is 10.2 Å². The summed E-state index contributed by atoms with van der Waals surface area (Å²) >= 11 is 3.16. The van der Waals surface area contributed by atoms with Crippen molar-refractivity contribution in [1.82, 2.24) is 9.13 Å². The molecule has 13 rings (SSSR count). The topological polar surface area (TPSA) is 75.9 Å². The summed E-state index contributed by atoms with van der Waals surface area (Å²) in [5.74, 6) is 3.11. The van der Waals surface area contributed by atoms with Crippen molar-refractivity contribution in [3.05, 3.63) is 240 Å². The molecule has 0 spiro atoms. The minimum atomic E-state index is -0.000934. The van der Waals surface area contributed by atoms with E-state index in [-0.39, 0.29) is 59.0 Å². The maximum atomic E-state index is 12.3. The molecule has 9 heteroatoms. The molecule has 12 aromatic rings. The van der Waals surface area contributed by atoms with Gasteiger partial charge < -0.3 is 28.8 Å². The van der Waals surface area contributed by atoms with Crippen LogP contribution in [0, 0.1) is 25.7 Å². The number of hydrogen-bond donors (Lipinski definition) is 2. The molecular formula is C82H90HfN2O4S2. The summed E-state index contributed by atoms with van der Waals surface area (Å²) in [6.45, 7) is 36.0. The molecule has 0 unspecified atom stereocenters. The molecule has 4 N–H and O–H groups in total. The van der Waals surface area contributed by atoms with Crippen LogP contribution in [0.15, 0.2) is 193 Å². The summed E-state index contributed by atoms with van der Waals surface area (Å²) in [4.78, 5) is 1.66. The first-order valence-electron chi connectivity index (χ1n) is 31.9. The fourth-order valence-corrected chi connectivity index (χ4v) is 14.5. The predicted molar refractivity (Wildman–Crippen MR) is 387 cm³/mol. The Hall–Kier alpha value is -7.43. The van der Waals surface area contributed by atoms with Gasteiger partial charge >= 0.3 is 0 Å². The first kappa shape index (κ1) is 66.5. The number of hydrogen-bond acceptors (Lipinski definition) is 4. The van der Waals surface area contributed by atoms with Crippen molar-refractivity contribution in [1.29, 1.82) is 0 Å². The number of fused-ring (bicyclic) bond motifs is 6. The predicted octanol–water partition coefficient (Wildman–Crippen LogP) is 22.7. The molecule has 6 nitrogen and oxygen atoms in total. The van der Waals surface area contributed by atoms with Crippen LogP contribution in [0.4, 0.5) is 0 Å². The molecule has 4 heterocycles. The SMILES string of the molecule is CC(C)(C)c1ccc2c(c1)c1cc(C(C)(C)C)ccc1n2-c1csc(-c2ccccc2[OH+]C[C@@H]2CCCC[C@H]2C[OH+]c2ccccc2-c2scc(-n3c4ccc(C(C)(C)C)cc4c4cc(C(C)(C)C)ccc43)c2O)c1O.[CH2-]c1ccccc1.[CH2-]c1ccccc1.[Hf]. The van der Waals surface area contributed by atoms with Crippen molar-refractivity contribution in [2.75, 3.05) is 13.2 Å². The largest absolute Gasteiger partial charge is 0.582 e. The van der Waals surface area contributed by atoms with Gasteiger partial charge in [0.2, 0.25) is 0 Å². The van der Waals surface area contributed by atoms with Crippen LogP contribution in [0.1, 0.15) is 142 Å². The molecule has 8 aromatic carbocycles. The van der Waals surface area contributed by atoms with Crippen molar-refractivity contribution in [2.24, 2.45) is 11.8 Å². The normalized spacial score (nSPS) is 14.6. The third-order valence-electron chi connectivity index (χ3n) is 18.0. The van der Waals surface area contributed by atoms with E-state index >= 15 is 0 Å². The summed E-state index contributed by atoms with van der Waals surface area (Å²) in [7, 11) is 0. The zero-order chi connectivity index (χ0) is 63.9. The smallest absolute Gasteiger partial charge is 0.263 e. The van der Waals surface area contributed by atoms with Crippen molar-refractivity contribution in [2.45, 2.75) is 130 Å². The standard InChI is InChI=1S/C68H74N2O4S2.2C7H7.Hf/c1-65(2,3)43-25-29-53-49(33-43)50-34-44(66(4,5)6)26-30-54(50)69(53)57-39-75-63(61(57)71)47-21-15-17-23-59(47)73-37-41-19-13-14-20-42(41)38-74-60-24-18-16-22-48(60)64-62(72)58(40-76-64)70-55-31-27-45(67(7,8)9)35-51(55)52-36-46(68(10,11)12)28-32-56(52)70;2*1-7-5-3-2-4-6-7;/h15-18,21-36,39-42,71-72H,13-14,19-20,37-38H2,1-12H3;2*2-6H,1H2;/q;2*-1;/p+2/t41-,42-;;;/m0.../s1. The number of para-hydroxylation sites is 2. The average Bonchev–Trinajstić information content (AvgIpc) is 1.61. The molecule has 2 atom stereocenters. The third-order valence-corrected chi connectivity index (χ3v) is 20.0.